The lowest BCUT2D eigenvalue weighted by Gasteiger charge is -1.99. The topological polar surface area (TPSA) is 30.2 Å². The zero-order valence-electron chi connectivity index (χ0n) is 7.54. The van der Waals surface area contributed by atoms with E-state index in [1.54, 1.807) is 18.2 Å². The Bertz CT molecular complexity index is 505. The van der Waals surface area contributed by atoms with Gasteiger partial charge in [0, 0.05) is 10.0 Å². The van der Waals surface area contributed by atoms with Gasteiger partial charge in [-0.05, 0) is 40.2 Å². The van der Waals surface area contributed by atoms with Crippen molar-refractivity contribution in [2.45, 2.75) is 0 Å². The van der Waals surface area contributed by atoms with E-state index in [1.165, 1.54) is 0 Å². The molecular weight excluding hydrogens is 279 g/mol. The molecule has 1 aromatic carbocycles. The molecule has 0 saturated carbocycles. The summed E-state index contributed by atoms with van der Waals surface area (Å²) in [4.78, 5) is 10.4. The Morgan fingerprint density at radius 1 is 1.27 bits per heavy atom. The van der Waals surface area contributed by atoms with Crippen LogP contribution in [0.2, 0.25) is 5.02 Å². The lowest BCUT2D eigenvalue weighted by Crippen LogP contribution is -1.75. The van der Waals surface area contributed by atoms with Crippen molar-refractivity contribution in [3.05, 3.63) is 45.6 Å². The number of furan rings is 1. The van der Waals surface area contributed by atoms with Crippen LogP contribution in [0.3, 0.4) is 0 Å². The van der Waals surface area contributed by atoms with Crippen molar-refractivity contribution >= 4 is 33.8 Å². The predicted octanol–water partition coefficient (Wildman–Crippen LogP) is 4.18. The van der Waals surface area contributed by atoms with E-state index >= 15 is 0 Å². The van der Waals surface area contributed by atoms with E-state index in [2.05, 4.69) is 15.9 Å². The highest BCUT2D eigenvalue weighted by atomic mass is 79.9. The number of benzene rings is 1. The molecule has 0 bridgehead atoms. The van der Waals surface area contributed by atoms with Crippen LogP contribution in [0.1, 0.15) is 10.6 Å². The van der Waals surface area contributed by atoms with E-state index in [0.29, 0.717) is 22.8 Å². The van der Waals surface area contributed by atoms with Gasteiger partial charge in [0.05, 0.1) is 5.02 Å². The van der Waals surface area contributed by atoms with Crippen LogP contribution in [0.15, 0.2) is 39.2 Å². The summed E-state index contributed by atoms with van der Waals surface area (Å²) in [6.45, 7) is 0. The molecule has 4 heteroatoms. The highest BCUT2D eigenvalue weighted by Gasteiger charge is 2.06. The van der Waals surface area contributed by atoms with E-state index in [1.807, 2.05) is 12.1 Å². The normalized spacial score (nSPS) is 10.3. The molecule has 0 unspecified atom stereocenters. The maximum Gasteiger partial charge on any atom is 0.185 e. The molecule has 1 heterocycles. The number of halogens is 2. The van der Waals surface area contributed by atoms with Gasteiger partial charge >= 0.3 is 0 Å². The molecule has 0 amide bonds. The summed E-state index contributed by atoms with van der Waals surface area (Å²) in [7, 11) is 0. The number of carbonyl (C=O) groups excluding carboxylic acids is 1. The van der Waals surface area contributed by atoms with Gasteiger partial charge in [-0.2, -0.15) is 0 Å². The van der Waals surface area contributed by atoms with Gasteiger partial charge < -0.3 is 4.42 Å². The lowest BCUT2D eigenvalue weighted by molar-refractivity contribution is 0.110. The van der Waals surface area contributed by atoms with Crippen LogP contribution in [0.5, 0.6) is 0 Å². The van der Waals surface area contributed by atoms with Crippen molar-refractivity contribution in [2.75, 3.05) is 0 Å². The van der Waals surface area contributed by atoms with Crippen LogP contribution >= 0.6 is 27.5 Å². The standard InChI is InChI=1S/C11H6BrClO2/c12-9-3-1-7(5-10(9)13)11-4-2-8(6-14)15-11/h1-6H. The van der Waals surface area contributed by atoms with Gasteiger partial charge in [-0.3, -0.25) is 4.79 Å². The minimum absolute atomic E-state index is 0.309. The minimum atomic E-state index is 0.309. The van der Waals surface area contributed by atoms with Crippen molar-refractivity contribution in [2.24, 2.45) is 0 Å². The number of carbonyl (C=O) groups is 1. The fraction of sp³-hybridized carbons (Fsp3) is 0. The quantitative estimate of drug-likeness (QED) is 0.775. The summed E-state index contributed by atoms with van der Waals surface area (Å²) in [5, 5.41) is 0.608. The monoisotopic (exact) mass is 284 g/mol. The molecule has 2 rings (SSSR count). The van der Waals surface area contributed by atoms with Crippen LogP contribution in [-0.2, 0) is 0 Å². The zero-order chi connectivity index (χ0) is 10.8. The molecule has 15 heavy (non-hydrogen) atoms. The Kier molecular flexibility index (Phi) is 2.93. The fourth-order valence-electron chi connectivity index (χ4n) is 1.22. The van der Waals surface area contributed by atoms with Crippen LogP contribution in [-0.4, -0.2) is 6.29 Å². The molecule has 0 saturated heterocycles. The van der Waals surface area contributed by atoms with Gasteiger partial charge in [-0.1, -0.05) is 17.7 Å². The molecule has 0 atom stereocenters. The average molecular weight is 286 g/mol. The molecule has 0 aliphatic rings. The molecule has 0 aliphatic carbocycles. The van der Waals surface area contributed by atoms with Gasteiger partial charge in [0.2, 0.25) is 0 Å². The average Bonchev–Trinajstić information content (AvgIpc) is 2.70. The molecule has 2 aromatic rings. The summed E-state index contributed by atoms with van der Waals surface area (Å²) in [5.74, 6) is 0.940. The van der Waals surface area contributed by atoms with Gasteiger partial charge in [0.25, 0.3) is 0 Å². The Labute approximate surface area is 100.0 Å². The molecule has 0 N–H and O–H groups in total. The highest BCUT2D eigenvalue weighted by Crippen LogP contribution is 2.29. The highest BCUT2D eigenvalue weighted by molar-refractivity contribution is 9.10. The van der Waals surface area contributed by atoms with Crippen molar-refractivity contribution in [1.29, 1.82) is 0 Å². The lowest BCUT2D eigenvalue weighted by atomic mass is 10.2. The minimum Gasteiger partial charge on any atom is -0.453 e. The molecule has 76 valence electrons. The zero-order valence-corrected chi connectivity index (χ0v) is 9.88. The Morgan fingerprint density at radius 3 is 2.67 bits per heavy atom. The first kappa shape index (κ1) is 10.5. The largest absolute Gasteiger partial charge is 0.453 e. The number of hydrogen-bond donors (Lipinski definition) is 0. The number of rotatable bonds is 2. The summed E-state index contributed by atoms with van der Waals surface area (Å²) in [6, 6.07) is 8.84. The van der Waals surface area contributed by atoms with Crippen LogP contribution in [0.4, 0.5) is 0 Å². The van der Waals surface area contributed by atoms with Crippen LogP contribution in [0.25, 0.3) is 11.3 Å². The summed E-state index contributed by atoms with van der Waals surface area (Å²) in [6.07, 6.45) is 0.671. The summed E-state index contributed by atoms with van der Waals surface area (Å²) in [5.41, 5.74) is 0.844. The first-order valence-electron chi connectivity index (χ1n) is 4.21. The van der Waals surface area contributed by atoms with Crippen molar-refractivity contribution in [3.63, 3.8) is 0 Å². The Balaban J connectivity index is 2.44. The second-order valence-corrected chi connectivity index (χ2v) is 4.21. The van der Waals surface area contributed by atoms with Crippen molar-refractivity contribution in [3.8, 4) is 11.3 Å². The van der Waals surface area contributed by atoms with E-state index in [0.717, 1.165) is 10.0 Å². The third-order valence-electron chi connectivity index (χ3n) is 1.95. The maximum atomic E-state index is 10.4. The first-order valence-corrected chi connectivity index (χ1v) is 5.38. The van der Waals surface area contributed by atoms with Gasteiger partial charge in [0.1, 0.15) is 5.76 Å². The van der Waals surface area contributed by atoms with Gasteiger partial charge in [-0.25, -0.2) is 0 Å². The SMILES string of the molecule is O=Cc1ccc(-c2ccc(Br)c(Cl)c2)o1. The Morgan fingerprint density at radius 2 is 2.07 bits per heavy atom. The molecule has 0 radical (unpaired) electrons. The van der Waals surface area contributed by atoms with Crippen molar-refractivity contribution in [1.82, 2.24) is 0 Å². The van der Waals surface area contributed by atoms with E-state index in [4.69, 9.17) is 16.0 Å². The number of hydrogen-bond acceptors (Lipinski definition) is 2. The molecular formula is C11H6BrClO2. The molecule has 2 nitrogen and oxygen atoms in total. The van der Waals surface area contributed by atoms with E-state index in [9.17, 15) is 4.79 Å². The third-order valence-corrected chi connectivity index (χ3v) is 3.18. The molecule has 0 spiro atoms. The summed E-state index contributed by atoms with van der Waals surface area (Å²) >= 11 is 9.25. The smallest absolute Gasteiger partial charge is 0.185 e. The maximum absolute atomic E-state index is 10.4. The fourth-order valence-corrected chi connectivity index (χ4v) is 1.65. The van der Waals surface area contributed by atoms with Crippen LogP contribution < -0.4 is 0 Å². The van der Waals surface area contributed by atoms with E-state index in [-0.39, 0.29) is 0 Å². The number of aldehydes is 1. The first-order chi connectivity index (χ1) is 7.20. The summed E-state index contributed by atoms with van der Waals surface area (Å²) < 4.78 is 6.10. The predicted molar refractivity (Wildman–Crippen MR) is 62.2 cm³/mol. The third kappa shape index (κ3) is 2.13. The van der Waals surface area contributed by atoms with Crippen molar-refractivity contribution < 1.29 is 9.21 Å². The van der Waals surface area contributed by atoms with Gasteiger partial charge in [0.15, 0.2) is 12.0 Å². The van der Waals surface area contributed by atoms with Crippen LogP contribution in [0, 0.1) is 0 Å². The molecule has 0 fully saturated rings. The molecule has 1 aromatic heterocycles. The Hall–Kier alpha value is -1.06. The van der Waals surface area contributed by atoms with E-state index < -0.39 is 0 Å². The van der Waals surface area contributed by atoms with Gasteiger partial charge in [-0.15, -0.1) is 0 Å². The second kappa shape index (κ2) is 4.21. The molecule has 0 aliphatic heterocycles. The second-order valence-electron chi connectivity index (χ2n) is 2.95.